The fraction of sp³-hybridized carbons (Fsp3) is 0.500. The Hall–Kier alpha value is -2.48. The van der Waals surface area contributed by atoms with Crippen molar-refractivity contribution in [3.05, 3.63) is 76.6 Å². The number of Topliss-reactive ketones (excluding diaryl/α,β-unsaturated/α-hetero) is 1. The fourth-order valence-corrected chi connectivity index (χ4v) is 5.43. The topological polar surface area (TPSA) is 30.0 Å². The highest BCUT2D eigenvalue weighted by molar-refractivity contribution is 5.79. The van der Waals surface area contributed by atoms with Crippen molar-refractivity contribution in [2.45, 2.75) is 97.3 Å². The van der Waals surface area contributed by atoms with Gasteiger partial charge in [-0.05, 0) is 84.2 Å². The fourth-order valence-electron chi connectivity index (χ4n) is 5.43. The van der Waals surface area contributed by atoms with Crippen LogP contribution in [-0.2, 0) is 23.1 Å². The second kappa shape index (κ2) is 11.8. The average Bonchev–Trinajstić information content (AvgIpc) is 2.82. The molecule has 2 atom stereocenters. The third kappa shape index (κ3) is 6.56. The summed E-state index contributed by atoms with van der Waals surface area (Å²) in [7, 11) is 0. The first-order valence-electron chi connectivity index (χ1n) is 13.1. The second-order valence-corrected chi connectivity index (χ2v) is 11.0. The van der Waals surface area contributed by atoms with Crippen LogP contribution in [0.4, 0.5) is 0 Å². The van der Waals surface area contributed by atoms with Crippen molar-refractivity contribution in [2.24, 2.45) is 5.92 Å². The zero-order chi connectivity index (χ0) is 24.7. The third-order valence-corrected chi connectivity index (χ3v) is 7.41. The maximum atomic E-state index is 13.0. The maximum Gasteiger partial charge on any atom is 0.133 e. The summed E-state index contributed by atoms with van der Waals surface area (Å²) in [6.45, 7) is 15.0. The standard InChI is InChI=1S/C32H43NO/c1-7-11-30-25(9-3)18-19-33-31(30)27-13-10-12-23(20-27)21-29(34)17-15-26-22-28(32(4,5)6)16-14-24(26)8-2/h7-8,11,14,16,18-19,22-23,27H,2,9-10,12-13,15,17,20-21H2,1,3-6H3/b11-7-/t23-,27?/m1/s1. The highest BCUT2D eigenvalue weighted by Crippen LogP contribution is 2.39. The molecule has 0 aliphatic heterocycles. The molecule has 1 unspecified atom stereocenters. The molecule has 0 spiro atoms. The van der Waals surface area contributed by atoms with Gasteiger partial charge in [-0.3, -0.25) is 9.78 Å². The zero-order valence-electron chi connectivity index (χ0n) is 22.0. The van der Waals surface area contributed by atoms with Crippen LogP contribution in [0.2, 0.25) is 0 Å². The van der Waals surface area contributed by atoms with E-state index in [1.165, 1.54) is 40.8 Å². The molecule has 1 aromatic heterocycles. The SMILES string of the molecule is C=Cc1ccc(C(C)(C)C)cc1CCC(=O)C[C@@H]1CCCC(c2nccc(CC)c2/C=C\C)C1. The predicted molar refractivity (Wildman–Crippen MR) is 146 cm³/mol. The molecule has 1 aromatic carbocycles. The Balaban J connectivity index is 1.65. The second-order valence-electron chi connectivity index (χ2n) is 11.0. The van der Waals surface area contributed by atoms with Crippen molar-refractivity contribution in [3.8, 4) is 0 Å². The van der Waals surface area contributed by atoms with Gasteiger partial charge in [0.15, 0.2) is 0 Å². The van der Waals surface area contributed by atoms with E-state index in [4.69, 9.17) is 4.98 Å². The molecular weight excluding hydrogens is 414 g/mol. The maximum absolute atomic E-state index is 13.0. The van der Waals surface area contributed by atoms with Crippen LogP contribution in [0.1, 0.15) is 113 Å². The van der Waals surface area contributed by atoms with Crippen LogP contribution in [0, 0.1) is 5.92 Å². The lowest BCUT2D eigenvalue weighted by atomic mass is 9.76. The van der Waals surface area contributed by atoms with Crippen molar-refractivity contribution in [3.63, 3.8) is 0 Å². The van der Waals surface area contributed by atoms with Crippen molar-refractivity contribution in [2.75, 3.05) is 0 Å². The third-order valence-electron chi connectivity index (χ3n) is 7.41. The molecule has 2 nitrogen and oxygen atoms in total. The van der Waals surface area contributed by atoms with Crippen LogP contribution >= 0.6 is 0 Å². The number of carbonyl (C=O) groups excluding carboxylic acids is 1. The number of benzene rings is 1. The lowest BCUT2D eigenvalue weighted by Crippen LogP contribution is -2.19. The van der Waals surface area contributed by atoms with E-state index in [1.807, 2.05) is 12.3 Å². The summed E-state index contributed by atoms with van der Waals surface area (Å²) in [5.74, 6) is 1.32. The summed E-state index contributed by atoms with van der Waals surface area (Å²) in [5.41, 5.74) is 7.73. The van der Waals surface area contributed by atoms with Crippen LogP contribution in [0.3, 0.4) is 0 Å². The summed E-state index contributed by atoms with van der Waals surface area (Å²) < 4.78 is 0. The van der Waals surface area contributed by atoms with E-state index in [2.05, 4.69) is 77.6 Å². The molecule has 1 heterocycles. The minimum absolute atomic E-state index is 0.102. The molecule has 0 radical (unpaired) electrons. The van der Waals surface area contributed by atoms with Gasteiger partial charge in [0.1, 0.15) is 5.78 Å². The average molecular weight is 458 g/mol. The molecule has 2 heteroatoms. The molecule has 3 rings (SSSR count). The number of ketones is 1. The van der Waals surface area contributed by atoms with Crippen LogP contribution in [0.25, 0.3) is 12.2 Å². The molecule has 0 bridgehead atoms. The van der Waals surface area contributed by atoms with Crippen LogP contribution in [0.15, 0.2) is 43.1 Å². The molecular formula is C32H43NO. The van der Waals surface area contributed by atoms with Crippen molar-refractivity contribution in [1.82, 2.24) is 4.98 Å². The summed E-state index contributed by atoms with van der Waals surface area (Å²) in [6, 6.07) is 8.76. The Kier molecular flexibility index (Phi) is 9.05. The Labute approximate surface area is 207 Å². The van der Waals surface area contributed by atoms with Gasteiger partial charge in [-0.25, -0.2) is 0 Å². The Morgan fingerprint density at radius 3 is 2.65 bits per heavy atom. The van der Waals surface area contributed by atoms with E-state index in [0.717, 1.165) is 31.2 Å². The quantitative estimate of drug-likeness (QED) is 0.378. The lowest BCUT2D eigenvalue weighted by molar-refractivity contribution is -0.120. The van der Waals surface area contributed by atoms with Gasteiger partial charge < -0.3 is 0 Å². The van der Waals surface area contributed by atoms with Crippen LogP contribution in [0.5, 0.6) is 0 Å². The van der Waals surface area contributed by atoms with E-state index < -0.39 is 0 Å². The normalized spacial score (nSPS) is 18.9. The zero-order valence-corrected chi connectivity index (χ0v) is 22.0. The van der Waals surface area contributed by atoms with E-state index in [0.29, 0.717) is 30.5 Å². The number of hydrogen-bond acceptors (Lipinski definition) is 2. The molecule has 182 valence electrons. The number of pyridine rings is 1. The minimum atomic E-state index is 0.102. The van der Waals surface area contributed by atoms with Crippen molar-refractivity contribution >= 4 is 17.9 Å². The molecule has 1 saturated carbocycles. The summed E-state index contributed by atoms with van der Waals surface area (Å²) in [5, 5.41) is 0. The van der Waals surface area contributed by atoms with E-state index in [-0.39, 0.29) is 5.41 Å². The Morgan fingerprint density at radius 2 is 1.97 bits per heavy atom. The monoisotopic (exact) mass is 457 g/mol. The van der Waals surface area contributed by atoms with Gasteiger partial charge in [-0.1, -0.05) is 77.1 Å². The molecule has 0 amide bonds. The van der Waals surface area contributed by atoms with Gasteiger partial charge in [0.25, 0.3) is 0 Å². The van der Waals surface area contributed by atoms with Gasteiger partial charge in [0, 0.05) is 25.0 Å². The highest BCUT2D eigenvalue weighted by atomic mass is 16.1. The largest absolute Gasteiger partial charge is 0.300 e. The molecule has 2 aromatic rings. The van der Waals surface area contributed by atoms with E-state index in [1.54, 1.807) is 0 Å². The smallest absolute Gasteiger partial charge is 0.133 e. The molecule has 0 N–H and O–H groups in total. The first-order chi connectivity index (χ1) is 16.3. The van der Waals surface area contributed by atoms with Crippen molar-refractivity contribution < 1.29 is 4.79 Å². The molecule has 1 aliphatic rings. The molecule has 34 heavy (non-hydrogen) atoms. The van der Waals surface area contributed by atoms with Gasteiger partial charge in [0.05, 0.1) is 5.69 Å². The van der Waals surface area contributed by atoms with Gasteiger partial charge in [0.2, 0.25) is 0 Å². The van der Waals surface area contributed by atoms with Crippen molar-refractivity contribution in [1.29, 1.82) is 0 Å². The van der Waals surface area contributed by atoms with E-state index in [9.17, 15) is 4.79 Å². The molecule has 0 saturated heterocycles. The molecule has 1 fully saturated rings. The number of aryl methyl sites for hydroxylation is 2. The number of aromatic nitrogens is 1. The van der Waals surface area contributed by atoms with Crippen LogP contribution < -0.4 is 0 Å². The Morgan fingerprint density at radius 1 is 1.18 bits per heavy atom. The van der Waals surface area contributed by atoms with Gasteiger partial charge in [-0.15, -0.1) is 0 Å². The lowest BCUT2D eigenvalue weighted by Gasteiger charge is -2.30. The first-order valence-corrected chi connectivity index (χ1v) is 13.1. The summed E-state index contributed by atoms with van der Waals surface area (Å²) in [4.78, 5) is 17.8. The summed E-state index contributed by atoms with van der Waals surface area (Å²) in [6.07, 6.45) is 16.0. The number of rotatable bonds is 9. The first kappa shape index (κ1) is 26.1. The number of allylic oxidation sites excluding steroid dienone is 1. The van der Waals surface area contributed by atoms with Gasteiger partial charge >= 0.3 is 0 Å². The number of nitrogens with zero attached hydrogens (tertiary/aromatic N) is 1. The highest BCUT2D eigenvalue weighted by Gasteiger charge is 2.27. The predicted octanol–water partition coefficient (Wildman–Crippen LogP) is 8.48. The molecule has 1 aliphatic carbocycles. The van der Waals surface area contributed by atoms with E-state index >= 15 is 0 Å². The van der Waals surface area contributed by atoms with Crippen LogP contribution in [-0.4, -0.2) is 10.8 Å². The minimum Gasteiger partial charge on any atom is -0.300 e. The summed E-state index contributed by atoms with van der Waals surface area (Å²) >= 11 is 0. The number of hydrogen-bond donors (Lipinski definition) is 0. The Bertz CT molecular complexity index is 1020. The number of carbonyl (C=O) groups is 1. The van der Waals surface area contributed by atoms with Gasteiger partial charge in [-0.2, -0.15) is 0 Å².